The summed E-state index contributed by atoms with van der Waals surface area (Å²) in [7, 11) is 0. The Balaban J connectivity index is 2.12. The van der Waals surface area contributed by atoms with Crippen LogP contribution in [0.25, 0.3) is 0 Å². The van der Waals surface area contributed by atoms with E-state index in [4.69, 9.17) is 4.74 Å². The van der Waals surface area contributed by atoms with Crippen molar-refractivity contribution in [3.05, 3.63) is 29.3 Å². The van der Waals surface area contributed by atoms with Gasteiger partial charge in [-0.25, -0.2) is 0 Å². The van der Waals surface area contributed by atoms with Gasteiger partial charge >= 0.3 is 0 Å². The predicted octanol–water partition coefficient (Wildman–Crippen LogP) is 4.65. The Morgan fingerprint density at radius 1 is 1.24 bits per heavy atom. The summed E-state index contributed by atoms with van der Waals surface area (Å²) in [5.41, 5.74) is 2.67. The number of benzene rings is 1. The third kappa shape index (κ3) is 3.79. The van der Waals surface area contributed by atoms with Gasteiger partial charge in [-0.05, 0) is 61.6 Å². The summed E-state index contributed by atoms with van der Waals surface area (Å²) in [5, 5.41) is 10.3. The third-order valence-corrected chi connectivity index (χ3v) is 5.40. The normalized spacial score (nSPS) is 26.7. The van der Waals surface area contributed by atoms with Crippen LogP contribution in [-0.4, -0.2) is 17.3 Å². The molecule has 2 rings (SSSR count). The van der Waals surface area contributed by atoms with Gasteiger partial charge in [-0.2, -0.15) is 0 Å². The monoisotopic (exact) mass is 290 g/mol. The zero-order valence-electron chi connectivity index (χ0n) is 14.1. The molecule has 0 bridgehead atoms. The first-order chi connectivity index (χ1) is 9.83. The molecular weight excluding hydrogens is 260 g/mol. The fourth-order valence-electron chi connectivity index (χ4n) is 3.24. The molecule has 1 aromatic rings. The number of aryl methyl sites for hydroxylation is 2. The summed E-state index contributed by atoms with van der Waals surface area (Å²) in [6.45, 7) is 11.1. The first-order valence-corrected chi connectivity index (χ1v) is 8.25. The molecular formula is C19H30O2. The highest BCUT2D eigenvalue weighted by atomic mass is 16.5. The summed E-state index contributed by atoms with van der Waals surface area (Å²) in [4.78, 5) is 0. The Bertz CT molecular complexity index is 478. The highest BCUT2D eigenvalue weighted by molar-refractivity contribution is 5.36. The lowest BCUT2D eigenvalue weighted by molar-refractivity contribution is -0.0336. The molecule has 0 spiro atoms. The highest BCUT2D eigenvalue weighted by Crippen LogP contribution is 2.41. The zero-order valence-corrected chi connectivity index (χ0v) is 14.1. The highest BCUT2D eigenvalue weighted by Gasteiger charge is 2.37. The van der Waals surface area contributed by atoms with E-state index in [2.05, 4.69) is 52.8 Å². The summed E-state index contributed by atoms with van der Waals surface area (Å²) < 4.78 is 6.20. The number of aliphatic hydroxyl groups is 1. The van der Waals surface area contributed by atoms with Crippen LogP contribution in [0.15, 0.2) is 18.2 Å². The van der Waals surface area contributed by atoms with Gasteiger partial charge < -0.3 is 9.84 Å². The lowest BCUT2D eigenvalue weighted by atomic mass is 9.68. The molecule has 3 unspecified atom stereocenters. The third-order valence-electron chi connectivity index (χ3n) is 5.40. The van der Waals surface area contributed by atoms with Crippen LogP contribution >= 0.6 is 0 Å². The lowest BCUT2D eigenvalue weighted by Gasteiger charge is -2.41. The second-order valence-corrected chi connectivity index (χ2v) is 7.34. The van der Waals surface area contributed by atoms with Crippen LogP contribution in [-0.2, 0) is 0 Å². The van der Waals surface area contributed by atoms with Crippen LogP contribution < -0.4 is 4.74 Å². The summed E-state index contributed by atoms with van der Waals surface area (Å²) in [6, 6.07) is 6.27. The van der Waals surface area contributed by atoms with Gasteiger partial charge in [0, 0.05) is 0 Å². The van der Waals surface area contributed by atoms with Crippen molar-refractivity contribution in [2.45, 2.75) is 72.5 Å². The van der Waals surface area contributed by atoms with Crippen LogP contribution in [0.3, 0.4) is 0 Å². The molecule has 21 heavy (non-hydrogen) atoms. The molecule has 1 aliphatic carbocycles. The Morgan fingerprint density at radius 2 is 1.95 bits per heavy atom. The fraction of sp³-hybridized carbons (Fsp3) is 0.684. The average Bonchev–Trinajstić information content (AvgIpc) is 2.45. The quantitative estimate of drug-likeness (QED) is 0.874. The Labute approximate surface area is 129 Å². The summed E-state index contributed by atoms with van der Waals surface area (Å²) in [5.74, 6) is 1.55. The minimum Gasteiger partial charge on any atom is -0.487 e. The average molecular weight is 290 g/mol. The molecule has 1 aliphatic rings. The first kappa shape index (κ1) is 16.4. The lowest BCUT2D eigenvalue weighted by Crippen LogP contribution is -2.42. The Morgan fingerprint density at radius 3 is 2.62 bits per heavy atom. The van der Waals surface area contributed by atoms with E-state index in [0.717, 1.165) is 30.6 Å². The molecule has 3 atom stereocenters. The van der Waals surface area contributed by atoms with Gasteiger partial charge in [0.15, 0.2) is 0 Å². The standard InChI is InChI=1S/C19H30O2/c1-6-19(4,5)15-9-10-16(20)18(12-15)21-17-11-13(2)7-8-14(17)3/h7-8,11,15-16,18,20H,6,9-10,12H2,1-5H3. The molecule has 0 aromatic heterocycles. The van der Waals surface area contributed by atoms with Gasteiger partial charge in [-0.15, -0.1) is 0 Å². The van der Waals surface area contributed by atoms with Crippen molar-refractivity contribution >= 4 is 0 Å². The number of rotatable bonds is 4. The van der Waals surface area contributed by atoms with E-state index in [1.54, 1.807) is 0 Å². The van der Waals surface area contributed by atoms with Crippen LogP contribution in [0.1, 0.15) is 57.6 Å². The summed E-state index contributed by atoms with van der Waals surface area (Å²) in [6.07, 6.45) is 3.67. The molecule has 1 fully saturated rings. The molecule has 0 amide bonds. The van der Waals surface area contributed by atoms with E-state index in [1.807, 2.05) is 0 Å². The van der Waals surface area contributed by atoms with Crippen LogP contribution in [0.4, 0.5) is 0 Å². The minimum absolute atomic E-state index is 0.0740. The molecule has 1 aromatic carbocycles. The smallest absolute Gasteiger partial charge is 0.125 e. The van der Waals surface area contributed by atoms with Crippen LogP contribution in [0.5, 0.6) is 5.75 Å². The second kappa shape index (κ2) is 6.39. The van der Waals surface area contributed by atoms with Crippen molar-refractivity contribution < 1.29 is 9.84 Å². The van der Waals surface area contributed by atoms with Gasteiger partial charge in [0.2, 0.25) is 0 Å². The summed E-state index contributed by atoms with van der Waals surface area (Å²) >= 11 is 0. The van der Waals surface area contributed by atoms with Crippen LogP contribution in [0, 0.1) is 25.2 Å². The van der Waals surface area contributed by atoms with Crippen molar-refractivity contribution in [2.75, 3.05) is 0 Å². The maximum Gasteiger partial charge on any atom is 0.125 e. The molecule has 2 heteroatoms. The van der Waals surface area contributed by atoms with E-state index in [9.17, 15) is 5.11 Å². The van der Waals surface area contributed by atoms with Crippen molar-refractivity contribution in [3.63, 3.8) is 0 Å². The maximum absolute atomic E-state index is 10.3. The molecule has 0 radical (unpaired) electrons. The van der Waals surface area contributed by atoms with E-state index < -0.39 is 0 Å². The van der Waals surface area contributed by atoms with Gasteiger partial charge in [0.05, 0.1) is 6.10 Å². The van der Waals surface area contributed by atoms with E-state index in [0.29, 0.717) is 11.3 Å². The molecule has 2 nitrogen and oxygen atoms in total. The van der Waals surface area contributed by atoms with Crippen molar-refractivity contribution in [1.82, 2.24) is 0 Å². The SMILES string of the molecule is CCC(C)(C)C1CCC(O)C(Oc2cc(C)ccc2C)C1. The van der Waals surface area contributed by atoms with E-state index in [1.165, 1.54) is 12.0 Å². The predicted molar refractivity (Wildman–Crippen MR) is 87.8 cm³/mol. The molecule has 0 heterocycles. The van der Waals surface area contributed by atoms with Gasteiger partial charge in [-0.1, -0.05) is 39.3 Å². The van der Waals surface area contributed by atoms with Gasteiger partial charge in [0.1, 0.15) is 11.9 Å². The van der Waals surface area contributed by atoms with Crippen LogP contribution in [0.2, 0.25) is 0 Å². The van der Waals surface area contributed by atoms with Crippen molar-refractivity contribution in [3.8, 4) is 5.75 Å². The Hall–Kier alpha value is -1.02. The zero-order chi connectivity index (χ0) is 15.6. The van der Waals surface area contributed by atoms with E-state index in [-0.39, 0.29) is 12.2 Å². The molecule has 1 saturated carbocycles. The number of hydrogen-bond donors (Lipinski definition) is 1. The molecule has 1 N–H and O–H groups in total. The number of aliphatic hydroxyl groups excluding tert-OH is 1. The van der Waals surface area contributed by atoms with E-state index >= 15 is 0 Å². The first-order valence-electron chi connectivity index (χ1n) is 8.25. The molecule has 0 aliphatic heterocycles. The Kier molecular flexibility index (Phi) is 4.98. The molecule has 118 valence electrons. The number of hydrogen-bond acceptors (Lipinski definition) is 2. The van der Waals surface area contributed by atoms with Crippen molar-refractivity contribution in [1.29, 1.82) is 0 Å². The van der Waals surface area contributed by atoms with Gasteiger partial charge in [0.25, 0.3) is 0 Å². The van der Waals surface area contributed by atoms with Crippen molar-refractivity contribution in [2.24, 2.45) is 11.3 Å². The second-order valence-electron chi connectivity index (χ2n) is 7.34. The fourth-order valence-corrected chi connectivity index (χ4v) is 3.24. The largest absolute Gasteiger partial charge is 0.487 e. The maximum atomic E-state index is 10.3. The number of ether oxygens (including phenoxy) is 1. The topological polar surface area (TPSA) is 29.5 Å². The molecule has 0 saturated heterocycles. The van der Waals surface area contributed by atoms with Gasteiger partial charge in [-0.3, -0.25) is 0 Å². The minimum atomic E-state index is -0.339.